The minimum Gasteiger partial charge on any atom is -0.322 e. The molecule has 2 heterocycles. The summed E-state index contributed by atoms with van der Waals surface area (Å²) in [7, 11) is -3.00. The van der Waals surface area contributed by atoms with Crippen LogP contribution >= 0.6 is 0 Å². The first-order chi connectivity index (χ1) is 9.71. The van der Waals surface area contributed by atoms with Crippen LogP contribution < -0.4 is 5.32 Å². The van der Waals surface area contributed by atoms with Crippen LogP contribution in [0.25, 0.3) is 0 Å². The van der Waals surface area contributed by atoms with Crippen molar-refractivity contribution in [1.82, 2.24) is 10.2 Å². The lowest BCUT2D eigenvalue weighted by Crippen LogP contribution is -2.51. The fourth-order valence-corrected chi connectivity index (χ4v) is 5.14. The van der Waals surface area contributed by atoms with E-state index in [4.69, 9.17) is 0 Å². The van der Waals surface area contributed by atoms with Gasteiger partial charge in [-0.1, -0.05) is 27.7 Å². The topological polar surface area (TPSA) is 66.5 Å². The molecule has 2 fully saturated rings. The number of nitrogens with zero attached hydrogens (tertiary/aromatic N) is 1. The van der Waals surface area contributed by atoms with Gasteiger partial charge in [-0.2, -0.15) is 0 Å². The molecular weight excluding hydrogens is 288 g/mol. The van der Waals surface area contributed by atoms with Crippen LogP contribution in [0, 0.1) is 11.8 Å². The summed E-state index contributed by atoms with van der Waals surface area (Å²) in [5.74, 6) is 1.19. The first kappa shape index (κ1) is 16.7. The molecule has 0 radical (unpaired) electrons. The van der Waals surface area contributed by atoms with E-state index in [0.29, 0.717) is 12.3 Å². The molecule has 0 spiro atoms. The monoisotopic (exact) mass is 316 g/mol. The average Bonchev–Trinajstić information content (AvgIpc) is 2.65. The number of hydrogen-bond donors (Lipinski definition) is 1. The van der Waals surface area contributed by atoms with Crippen molar-refractivity contribution in [2.45, 2.75) is 65.2 Å². The van der Waals surface area contributed by atoms with Gasteiger partial charge < -0.3 is 4.90 Å². The molecule has 122 valence electrons. The number of carbonyl (C=O) groups excluding carboxylic acids is 1. The van der Waals surface area contributed by atoms with Crippen LogP contribution in [0.3, 0.4) is 0 Å². The van der Waals surface area contributed by atoms with Gasteiger partial charge in [0.05, 0.1) is 23.7 Å². The Morgan fingerprint density at radius 2 is 1.95 bits per heavy atom. The van der Waals surface area contributed by atoms with Gasteiger partial charge in [0.15, 0.2) is 9.84 Å². The van der Waals surface area contributed by atoms with Crippen LogP contribution in [0.5, 0.6) is 0 Å². The Morgan fingerprint density at radius 1 is 1.29 bits per heavy atom. The molecule has 1 amide bonds. The summed E-state index contributed by atoms with van der Waals surface area (Å²) in [6.45, 7) is 8.36. The predicted octanol–water partition coefficient (Wildman–Crippen LogP) is 1.39. The summed E-state index contributed by atoms with van der Waals surface area (Å²) < 4.78 is 23.8. The van der Waals surface area contributed by atoms with E-state index in [-0.39, 0.29) is 41.6 Å². The molecule has 3 atom stereocenters. The molecule has 2 saturated heterocycles. The highest BCUT2D eigenvalue weighted by Crippen LogP contribution is 2.28. The fourth-order valence-electron chi connectivity index (χ4n) is 3.45. The molecule has 3 unspecified atom stereocenters. The van der Waals surface area contributed by atoms with Gasteiger partial charge >= 0.3 is 0 Å². The van der Waals surface area contributed by atoms with Crippen molar-refractivity contribution in [3.8, 4) is 0 Å². The van der Waals surface area contributed by atoms with Crippen LogP contribution in [0.4, 0.5) is 0 Å². The standard InChI is InChI=1S/C15H28N2O3S/c1-10(2)8-13-15(18)17(14(16-13)11(3)4)12-6-5-7-21(19,20)9-12/h10-14,16H,5-9H2,1-4H3. The predicted molar refractivity (Wildman–Crippen MR) is 83.5 cm³/mol. The van der Waals surface area contributed by atoms with E-state index < -0.39 is 9.84 Å². The quantitative estimate of drug-likeness (QED) is 0.851. The molecule has 5 nitrogen and oxygen atoms in total. The largest absolute Gasteiger partial charge is 0.322 e. The van der Waals surface area contributed by atoms with E-state index in [2.05, 4.69) is 33.0 Å². The maximum absolute atomic E-state index is 12.7. The smallest absolute Gasteiger partial charge is 0.241 e. The Balaban J connectivity index is 2.20. The van der Waals surface area contributed by atoms with E-state index in [9.17, 15) is 13.2 Å². The highest BCUT2D eigenvalue weighted by Gasteiger charge is 2.45. The molecular formula is C15H28N2O3S. The van der Waals surface area contributed by atoms with Gasteiger partial charge in [-0.3, -0.25) is 10.1 Å². The average molecular weight is 316 g/mol. The van der Waals surface area contributed by atoms with Gasteiger partial charge in [-0.25, -0.2) is 8.42 Å². The molecule has 1 N–H and O–H groups in total. The Hall–Kier alpha value is -0.620. The second kappa shape index (κ2) is 6.24. The number of rotatable bonds is 4. The molecule has 21 heavy (non-hydrogen) atoms. The number of nitrogens with one attached hydrogen (secondary N) is 1. The SMILES string of the molecule is CC(C)CC1NC(C(C)C)N(C2CCCS(=O)(=O)C2)C1=O. The van der Waals surface area contributed by atoms with Gasteiger partial charge in [-0.05, 0) is 31.1 Å². The maximum atomic E-state index is 12.7. The van der Waals surface area contributed by atoms with Gasteiger partial charge in [-0.15, -0.1) is 0 Å². The number of sulfone groups is 1. The highest BCUT2D eigenvalue weighted by molar-refractivity contribution is 7.91. The van der Waals surface area contributed by atoms with Gasteiger partial charge in [0.1, 0.15) is 0 Å². The van der Waals surface area contributed by atoms with Gasteiger partial charge in [0.2, 0.25) is 5.91 Å². The van der Waals surface area contributed by atoms with E-state index in [1.165, 1.54) is 0 Å². The fraction of sp³-hybridized carbons (Fsp3) is 0.933. The summed E-state index contributed by atoms with van der Waals surface area (Å²) in [5.41, 5.74) is 0. The van der Waals surface area contributed by atoms with Crippen molar-refractivity contribution >= 4 is 15.7 Å². The zero-order valence-electron chi connectivity index (χ0n) is 13.5. The van der Waals surface area contributed by atoms with E-state index in [1.807, 2.05) is 4.90 Å². The number of carbonyl (C=O) groups is 1. The lowest BCUT2D eigenvalue weighted by atomic mass is 10.0. The Labute approximate surface area is 128 Å². The molecule has 0 aromatic heterocycles. The van der Waals surface area contributed by atoms with Gasteiger partial charge in [0.25, 0.3) is 0 Å². The van der Waals surface area contributed by atoms with Crippen LogP contribution in [-0.2, 0) is 14.6 Å². The third-order valence-corrected chi connectivity index (χ3v) is 6.20. The first-order valence-electron chi connectivity index (χ1n) is 8.00. The summed E-state index contributed by atoms with van der Waals surface area (Å²) in [5, 5.41) is 3.43. The van der Waals surface area contributed by atoms with Crippen molar-refractivity contribution in [2.75, 3.05) is 11.5 Å². The number of amides is 1. The van der Waals surface area contributed by atoms with Crippen LogP contribution in [-0.4, -0.2) is 49.0 Å². The minimum absolute atomic E-state index is 0.0421. The molecule has 0 aromatic rings. The Morgan fingerprint density at radius 3 is 2.48 bits per heavy atom. The summed E-state index contributed by atoms with van der Waals surface area (Å²) in [6.07, 6.45) is 2.22. The van der Waals surface area contributed by atoms with E-state index in [0.717, 1.165) is 12.8 Å². The van der Waals surface area contributed by atoms with E-state index >= 15 is 0 Å². The second-order valence-electron chi connectivity index (χ2n) is 7.19. The third kappa shape index (κ3) is 3.77. The van der Waals surface area contributed by atoms with Crippen LogP contribution in [0.2, 0.25) is 0 Å². The zero-order valence-corrected chi connectivity index (χ0v) is 14.3. The summed E-state index contributed by atoms with van der Waals surface area (Å²) >= 11 is 0. The van der Waals surface area contributed by atoms with E-state index in [1.54, 1.807) is 0 Å². The lowest BCUT2D eigenvalue weighted by Gasteiger charge is -2.36. The molecule has 2 aliphatic heterocycles. The molecule has 6 heteroatoms. The van der Waals surface area contributed by atoms with Crippen molar-refractivity contribution in [1.29, 1.82) is 0 Å². The summed E-state index contributed by atoms with van der Waals surface area (Å²) in [4.78, 5) is 14.6. The zero-order chi connectivity index (χ0) is 15.8. The minimum atomic E-state index is -3.00. The summed E-state index contributed by atoms with van der Waals surface area (Å²) in [6, 6.07) is -0.324. The lowest BCUT2D eigenvalue weighted by molar-refractivity contribution is -0.132. The van der Waals surface area contributed by atoms with Crippen LogP contribution in [0.1, 0.15) is 47.0 Å². The van der Waals surface area contributed by atoms with Gasteiger partial charge in [0, 0.05) is 6.04 Å². The Kier molecular flexibility index (Phi) is 4.98. The van der Waals surface area contributed by atoms with Crippen molar-refractivity contribution in [2.24, 2.45) is 11.8 Å². The maximum Gasteiger partial charge on any atom is 0.241 e. The van der Waals surface area contributed by atoms with Crippen LogP contribution in [0.15, 0.2) is 0 Å². The molecule has 2 rings (SSSR count). The Bertz CT molecular complexity index is 487. The third-order valence-electron chi connectivity index (χ3n) is 4.40. The second-order valence-corrected chi connectivity index (χ2v) is 9.42. The molecule has 0 aromatic carbocycles. The van der Waals surface area contributed by atoms with Crippen molar-refractivity contribution < 1.29 is 13.2 Å². The molecule has 0 saturated carbocycles. The highest BCUT2D eigenvalue weighted by atomic mass is 32.2. The van der Waals surface area contributed by atoms with Crippen molar-refractivity contribution in [3.63, 3.8) is 0 Å². The molecule has 2 aliphatic rings. The van der Waals surface area contributed by atoms with Crippen molar-refractivity contribution in [3.05, 3.63) is 0 Å². The normalized spacial score (nSPS) is 33.1. The first-order valence-corrected chi connectivity index (χ1v) is 9.82. The molecule has 0 bridgehead atoms. The number of hydrogen-bond acceptors (Lipinski definition) is 4. The molecule has 0 aliphatic carbocycles.